The van der Waals surface area contributed by atoms with Gasteiger partial charge in [-0.3, -0.25) is 14.4 Å². The summed E-state index contributed by atoms with van der Waals surface area (Å²) in [7, 11) is 0. The predicted octanol–water partition coefficient (Wildman–Crippen LogP) is -0.950. The van der Waals surface area contributed by atoms with E-state index in [-0.39, 0.29) is 130 Å². The molecule has 10 heteroatoms. The Bertz CT molecular complexity index is 123. The average Bonchev–Trinajstić information content (AvgIpc) is 1.85. The van der Waals surface area contributed by atoms with E-state index >= 15 is 0 Å². The van der Waals surface area contributed by atoms with Crippen molar-refractivity contribution in [1.82, 2.24) is 0 Å². The summed E-state index contributed by atoms with van der Waals surface area (Å²) in [5.74, 6) is -1.67. The molecule has 0 aromatic carbocycles. The van der Waals surface area contributed by atoms with Crippen LogP contribution in [0, 0.1) is 0 Å². The summed E-state index contributed by atoms with van der Waals surface area (Å²) in [6, 6.07) is 0. The Labute approximate surface area is 186 Å². The van der Waals surface area contributed by atoms with Gasteiger partial charge in [0.15, 0.2) is 0 Å². The number of aliphatic carboxylic acids is 2. The van der Waals surface area contributed by atoms with E-state index in [4.69, 9.17) is 29.9 Å². The minimum Gasteiger partial charge on any atom is -0.481 e. The molecule has 0 fully saturated rings. The second-order valence-corrected chi connectivity index (χ2v) is 1.24. The molecule has 3 N–H and O–H groups in total. The van der Waals surface area contributed by atoms with Crippen LogP contribution in [0.3, 0.4) is 0 Å². The van der Waals surface area contributed by atoms with E-state index in [0.29, 0.717) is 0 Å². The molecule has 0 heterocycles. The van der Waals surface area contributed by atoms with Crippen molar-refractivity contribution in [3.8, 4) is 0 Å². The van der Waals surface area contributed by atoms with E-state index in [9.17, 15) is 0 Å². The molecule has 0 amide bonds. The minimum atomic E-state index is -0.833. The van der Waals surface area contributed by atoms with E-state index in [2.05, 4.69) is 4.89 Å². The zero-order valence-electron chi connectivity index (χ0n) is 8.87. The summed E-state index contributed by atoms with van der Waals surface area (Å²) in [6.07, 6.45) is 0. The first-order valence-electron chi connectivity index (χ1n) is 2.51. The van der Waals surface area contributed by atoms with Crippen LogP contribution in [0.1, 0.15) is 13.8 Å². The fourth-order valence-electron chi connectivity index (χ4n) is 0. The Hall–Kier alpha value is 2.31. The maximum atomic E-state index is 9.00. The topological polar surface area (TPSA) is 121 Å². The molecule has 0 saturated carbocycles. The smallest absolute Gasteiger partial charge is 0.330 e. The van der Waals surface area contributed by atoms with Crippen LogP contribution in [0.4, 0.5) is 0 Å². The molecule has 0 spiro atoms. The Kier molecular flexibility index (Phi) is 86.3. The van der Waals surface area contributed by atoms with Crippen molar-refractivity contribution in [3.05, 3.63) is 0 Å². The zero-order valence-corrected chi connectivity index (χ0v) is 16.7. The fraction of sp³-hybridized carbons (Fsp3) is 0.400. The van der Waals surface area contributed by atoms with Gasteiger partial charge < -0.3 is 15.1 Å². The van der Waals surface area contributed by atoms with Crippen LogP contribution in [-0.2, 0) is 39.7 Å². The number of hydrogen-bond acceptors (Lipinski definition) is 5. The fourth-order valence-corrected chi connectivity index (χ4v) is 0. The SMILES string of the molecule is CC(=O)O.CC(=O)O.O=COO.[K].[K].[Pd]. The van der Waals surface area contributed by atoms with Crippen molar-refractivity contribution < 1.29 is 55.2 Å². The summed E-state index contributed by atoms with van der Waals surface area (Å²) in [4.78, 5) is 29.6. The Morgan fingerprint density at radius 1 is 1.07 bits per heavy atom. The maximum Gasteiger partial charge on any atom is 0.330 e. The van der Waals surface area contributed by atoms with Crippen molar-refractivity contribution in [2.45, 2.75) is 13.8 Å². The van der Waals surface area contributed by atoms with Gasteiger partial charge in [0.25, 0.3) is 11.9 Å². The van der Waals surface area contributed by atoms with Crippen molar-refractivity contribution >= 4 is 121 Å². The first-order valence-corrected chi connectivity index (χ1v) is 2.51. The van der Waals surface area contributed by atoms with Crippen molar-refractivity contribution in [2.24, 2.45) is 0 Å². The van der Waals surface area contributed by atoms with Crippen LogP contribution in [0.15, 0.2) is 0 Å². The number of hydrogen-bond donors (Lipinski definition) is 3. The standard InChI is InChI=1S/2C2H4O2.CH2O3.2K.Pd/c2*1-2(3)4;2-1-4-3;;;/h2*1H3,(H,3,4);1,3H;;;. The molecule has 0 saturated heterocycles. The van der Waals surface area contributed by atoms with Crippen LogP contribution in [0.5, 0.6) is 0 Å². The van der Waals surface area contributed by atoms with Crippen LogP contribution in [0.25, 0.3) is 0 Å². The van der Waals surface area contributed by atoms with Gasteiger partial charge in [0, 0.05) is 137 Å². The van der Waals surface area contributed by atoms with Gasteiger partial charge in [-0.05, 0) is 0 Å². The molecule has 15 heavy (non-hydrogen) atoms. The first-order chi connectivity index (χ1) is 5.38. The zero-order chi connectivity index (χ0) is 10.6. The van der Waals surface area contributed by atoms with Gasteiger partial charge in [-0.1, -0.05) is 0 Å². The van der Waals surface area contributed by atoms with Gasteiger partial charge in [-0.2, -0.15) is 0 Å². The molecule has 0 aliphatic heterocycles. The molecule has 0 rings (SSSR count). The van der Waals surface area contributed by atoms with Crippen molar-refractivity contribution in [3.63, 3.8) is 0 Å². The molecule has 0 unspecified atom stereocenters. The van der Waals surface area contributed by atoms with Crippen LogP contribution < -0.4 is 0 Å². The monoisotopic (exact) mass is 366 g/mol. The summed E-state index contributed by atoms with van der Waals surface area (Å²) >= 11 is 0. The van der Waals surface area contributed by atoms with E-state index in [1.807, 2.05) is 0 Å². The normalized spacial score (nSPS) is 4.73. The summed E-state index contributed by atoms with van der Waals surface area (Å²) in [6.45, 7) is 2.10. The third-order valence-corrected chi connectivity index (χ3v) is 0.0430. The summed E-state index contributed by atoms with van der Waals surface area (Å²) in [5, 5.41) is 21.8. The second kappa shape index (κ2) is 36.0. The van der Waals surface area contributed by atoms with Gasteiger partial charge in [0.05, 0.1) is 0 Å². The maximum absolute atomic E-state index is 9.00. The van der Waals surface area contributed by atoms with Crippen LogP contribution >= 0.6 is 0 Å². The largest absolute Gasteiger partial charge is 0.481 e. The average molecular weight is 367 g/mol. The van der Waals surface area contributed by atoms with E-state index in [1.165, 1.54) is 0 Å². The van der Waals surface area contributed by atoms with E-state index in [0.717, 1.165) is 13.8 Å². The van der Waals surface area contributed by atoms with Gasteiger partial charge in [-0.15, -0.1) is 0 Å². The quantitative estimate of drug-likeness (QED) is 0.237. The van der Waals surface area contributed by atoms with Crippen LogP contribution in [0.2, 0.25) is 0 Å². The molecule has 0 aromatic heterocycles. The van der Waals surface area contributed by atoms with Crippen molar-refractivity contribution in [2.75, 3.05) is 0 Å². The molecule has 2 radical (unpaired) electrons. The summed E-state index contributed by atoms with van der Waals surface area (Å²) in [5.41, 5.74) is 0. The molecule has 0 bridgehead atoms. The Morgan fingerprint density at radius 2 is 1.13 bits per heavy atom. The van der Waals surface area contributed by atoms with Gasteiger partial charge >= 0.3 is 6.47 Å². The molecular formula is C5H10K2O7Pd. The number of rotatable bonds is 1. The van der Waals surface area contributed by atoms with Gasteiger partial charge in [0.2, 0.25) is 0 Å². The van der Waals surface area contributed by atoms with Gasteiger partial charge in [0.1, 0.15) is 0 Å². The summed E-state index contributed by atoms with van der Waals surface area (Å²) < 4.78 is 0. The van der Waals surface area contributed by atoms with E-state index < -0.39 is 11.9 Å². The number of carbonyl (C=O) groups excluding carboxylic acids is 1. The molecule has 0 aromatic rings. The Balaban J connectivity index is -0.0000000184. The number of carboxylic acid groups (broad SMARTS) is 2. The Morgan fingerprint density at radius 3 is 1.13 bits per heavy atom. The molecule has 7 nitrogen and oxygen atoms in total. The minimum absolute atomic E-state index is 0. The van der Waals surface area contributed by atoms with E-state index in [1.54, 1.807) is 0 Å². The number of carbonyl (C=O) groups is 3. The molecular weight excluding hydrogens is 357 g/mol. The number of carboxylic acids is 2. The third kappa shape index (κ3) is 305. The van der Waals surface area contributed by atoms with Crippen molar-refractivity contribution in [1.29, 1.82) is 0 Å². The van der Waals surface area contributed by atoms with Gasteiger partial charge in [-0.25, -0.2) is 5.26 Å². The molecule has 0 aliphatic rings. The molecule has 0 aliphatic carbocycles. The molecule has 0 atom stereocenters. The molecule has 84 valence electrons. The first kappa shape index (κ1) is 36.0. The predicted molar refractivity (Wildman–Crippen MR) is 47.9 cm³/mol. The van der Waals surface area contributed by atoms with Crippen LogP contribution in [-0.4, -0.2) is 137 Å². The third-order valence-electron chi connectivity index (χ3n) is 0.0430. The second-order valence-electron chi connectivity index (χ2n) is 1.24.